The number of rotatable bonds is 46. The molecule has 0 aliphatic carbocycles. The molecule has 10 heteroatoms. The van der Waals surface area contributed by atoms with Crippen LogP contribution in [0, 0.1) is 0 Å². The number of carbonyl (C=O) groups excluding carboxylic acids is 1. The van der Waals surface area contributed by atoms with Crippen LogP contribution in [0.15, 0.2) is 60.8 Å². The second kappa shape index (κ2) is 46.7. The monoisotopic (exact) mass is 867 g/mol. The third kappa shape index (κ3) is 45.7. The number of aliphatic hydroxyl groups is 2. The van der Waals surface area contributed by atoms with Crippen molar-refractivity contribution in [1.82, 2.24) is 0 Å². The minimum absolute atomic E-state index is 0.0399. The van der Waals surface area contributed by atoms with Crippen LogP contribution in [0.25, 0.3) is 0 Å². The Labute approximate surface area is 368 Å². The molecule has 0 fully saturated rings. The van der Waals surface area contributed by atoms with Crippen LogP contribution < -0.4 is 0 Å². The first-order chi connectivity index (χ1) is 29.3. The first kappa shape index (κ1) is 58.2. The molecule has 9 nitrogen and oxygen atoms in total. The van der Waals surface area contributed by atoms with Gasteiger partial charge in [-0.1, -0.05) is 177 Å². The number of carbonyl (C=O) groups is 1. The lowest BCUT2D eigenvalue weighted by atomic mass is 10.1. The summed E-state index contributed by atoms with van der Waals surface area (Å²) in [6.07, 6.45) is 54.6. The van der Waals surface area contributed by atoms with E-state index in [0.29, 0.717) is 13.0 Å². The molecule has 60 heavy (non-hydrogen) atoms. The molecule has 3 N–H and O–H groups in total. The second-order valence-electron chi connectivity index (χ2n) is 16.1. The number of esters is 1. The van der Waals surface area contributed by atoms with Crippen LogP contribution in [-0.2, 0) is 27.9 Å². The standard InChI is InChI=1S/C50H91O9P/c1-3-5-7-9-11-13-15-17-19-21-23-25-27-29-31-33-35-37-39-41-43-56-46-49(47-58-60(54,55)57-45-48(52)44-51)59-50(53)42-40-38-36-34-32-30-28-26-24-22-20-18-16-14-12-10-8-6-4-2/h11-14,17-20,24,26,48-49,51-52H,3-10,15-16,21-23,25,27-47H2,1-2H3,(H,54,55)/b13-11-,14-12-,19-17-,20-18-,26-24-. The molecular weight excluding hydrogens is 776 g/mol. The topological polar surface area (TPSA) is 132 Å². The van der Waals surface area contributed by atoms with Crippen LogP contribution in [0.1, 0.15) is 206 Å². The molecule has 3 unspecified atom stereocenters. The molecule has 0 aliphatic heterocycles. The fourth-order valence-corrected chi connectivity index (χ4v) is 7.24. The van der Waals surface area contributed by atoms with Crippen molar-refractivity contribution in [2.24, 2.45) is 0 Å². The lowest BCUT2D eigenvalue weighted by molar-refractivity contribution is -0.154. The molecule has 0 aliphatic rings. The molecule has 350 valence electrons. The highest BCUT2D eigenvalue weighted by Gasteiger charge is 2.26. The number of phosphoric acid groups is 1. The molecule has 3 atom stereocenters. The minimum atomic E-state index is -4.53. The molecule has 0 saturated carbocycles. The zero-order chi connectivity index (χ0) is 43.9. The number of ether oxygens (including phenoxy) is 2. The summed E-state index contributed by atoms with van der Waals surface area (Å²) in [5, 5.41) is 18.4. The summed E-state index contributed by atoms with van der Waals surface area (Å²) < 4.78 is 33.5. The molecule has 0 saturated heterocycles. The number of unbranched alkanes of at least 4 members (excludes halogenated alkanes) is 22. The molecular formula is C50H91O9P. The minimum Gasteiger partial charge on any atom is -0.457 e. The third-order valence-electron chi connectivity index (χ3n) is 10.2. The van der Waals surface area contributed by atoms with Gasteiger partial charge < -0.3 is 24.6 Å². The van der Waals surface area contributed by atoms with Gasteiger partial charge >= 0.3 is 13.8 Å². The molecule has 0 rings (SSSR count). The van der Waals surface area contributed by atoms with Crippen LogP contribution in [0.5, 0.6) is 0 Å². The lowest BCUT2D eigenvalue weighted by Gasteiger charge is -2.20. The third-order valence-corrected chi connectivity index (χ3v) is 11.1. The van der Waals surface area contributed by atoms with Crippen molar-refractivity contribution in [1.29, 1.82) is 0 Å². The maximum atomic E-state index is 12.7. The highest BCUT2D eigenvalue weighted by molar-refractivity contribution is 7.47. The fraction of sp³-hybridized carbons (Fsp3) is 0.780. The van der Waals surface area contributed by atoms with Gasteiger partial charge in [0.25, 0.3) is 0 Å². The Balaban J connectivity index is 4.15. The quantitative estimate of drug-likeness (QED) is 0.0237. The maximum Gasteiger partial charge on any atom is 0.472 e. The molecule has 0 aromatic heterocycles. The van der Waals surface area contributed by atoms with Gasteiger partial charge in [-0.05, 0) is 83.5 Å². The van der Waals surface area contributed by atoms with Gasteiger partial charge in [0.1, 0.15) is 12.2 Å². The molecule has 0 bridgehead atoms. The number of hydrogen-bond donors (Lipinski definition) is 3. The van der Waals surface area contributed by atoms with Gasteiger partial charge in [-0.25, -0.2) is 4.57 Å². The van der Waals surface area contributed by atoms with Crippen molar-refractivity contribution < 1.29 is 43.0 Å². The van der Waals surface area contributed by atoms with Crippen LogP contribution in [0.3, 0.4) is 0 Å². The van der Waals surface area contributed by atoms with Gasteiger partial charge in [0.2, 0.25) is 0 Å². The van der Waals surface area contributed by atoms with Crippen molar-refractivity contribution in [2.45, 2.75) is 219 Å². The van der Waals surface area contributed by atoms with Crippen LogP contribution in [0.2, 0.25) is 0 Å². The summed E-state index contributed by atoms with van der Waals surface area (Å²) in [6.45, 7) is 3.45. The predicted octanol–water partition coefficient (Wildman–Crippen LogP) is 13.9. The maximum absolute atomic E-state index is 12.7. The zero-order valence-corrected chi connectivity index (χ0v) is 39.3. The second-order valence-corrected chi connectivity index (χ2v) is 17.6. The SMILES string of the molecule is CCCCC/C=C\C/C=C\C/C=C\CCCCCCCCC(=O)OC(COCCCCCCCCCCCC/C=C\C/C=C\CCCCC)COP(=O)(O)OCC(O)CO. The van der Waals surface area contributed by atoms with Gasteiger partial charge in [0.05, 0.1) is 26.4 Å². The van der Waals surface area contributed by atoms with E-state index in [1.807, 2.05) is 0 Å². The summed E-state index contributed by atoms with van der Waals surface area (Å²) in [5.74, 6) is -0.396. The largest absolute Gasteiger partial charge is 0.472 e. The molecule has 0 radical (unpaired) electrons. The highest BCUT2D eigenvalue weighted by atomic mass is 31.2. The van der Waals surface area contributed by atoms with Gasteiger partial charge in [-0.2, -0.15) is 0 Å². The zero-order valence-electron chi connectivity index (χ0n) is 38.4. The average molecular weight is 867 g/mol. The van der Waals surface area contributed by atoms with E-state index in [9.17, 15) is 19.4 Å². The molecule has 0 amide bonds. The van der Waals surface area contributed by atoms with Gasteiger partial charge in [0.15, 0.2) is 0 Å². The Bertz CT molecular complexity index is 1120. The van der Waals surface area contributed by atoms with Crippen molar-refractivity contribution in [3.63, 3.8) is 0 Å². The number of allylic oxidation sites excluding steroid dienone is 10. The normalized spacial score (nSPS) is 14.4. The molecule has 0 aromatic carbocycles. The first-order valence-electron chi connectivity index (χ1n) is 24.3. The smallest absolute Gasteiger partial charge is 0.457 e. The van der Waals surface area contributed by atoms with Gasteiger partial charge in [0, 0.05) is 13.0 Å². The van der Waals surface area contributed by atoms with Crippen LogP contribution in [0.4, 0.5) is 0 Å². The molecule has 0 heterocycles. The first-order valence-corrected chi connectivity index (χ1v) is 25.8. The summed E-state index contributed by atoms with van der Waals surface area (Å²) in [7, 11) is -4.53. The van der Waals surface area contributed by atoms with E-state index in [1.54, 1.807) is 0 Å². The Morgan fingerprint density at radius 1 is 0.517 bits per heavy atom. The van der Waals surface area contributed by atoms with Crippen molar-refractivity contribution in [3.05, 3.63) is 60.8 Å². The van der Waals surface area contributed by atoms with Crippen molar-refractivity contribution in [2.75, 3.05) is 33.0 Å². The Kier molecular flexibility index (Phi) is 45.2. The lowest BCUT2D eigenvalue weighted by Crippen LogP contribution is -2.29. The van der Waals surface area contributed by atoms with Crippen molar-refractivity contribution in [3.8, 4) is 0 Å². The summed E-state index contributed by atoms with van der Waals surface area (Å²) >= 11 is 0. The molecule has 0 aromatic rings. The average Bonchev–Trinajstić information content (AvgIpc) is 3.24. The van der Waals surface area contributed by atoms with E-state index >= 15 is 0 Å². The summed E-state index contributed by atoms with van der Waals surface area (Å²) in [4.78, 5) is 22.7. The highest BCUT2D eigenvalue weighted by Crippen LogP contribution is 2.43. The summed E-state index contributed by atoms with van der Waals surface area (Å²) in [5.41, 5.74) is 0. The van der Waals surface area contributed by atoms with E-state index in [0.717, 1.165) is 64.2 Å². The number of phosphoric ester groups is 1. The van der Waals surface area contributed by atoms with E-state index in [-0.39, 0.29) is 19.6 Å². The summed E-state index contributed by atoms with van der Waals surface area (Å²) in [6, 6.07) is 0. The Morgan fingerprint density at radius 3 is 1.35 bits per heavy atom. The van der Waals surface area contributed by atoms with Crippen LogP contribution in [-0.4, -0.2) is 66.3 Å². The van der Waals surface area contributed by atoms with E-state index in [4.69, 9.17) is 23.6 Å². The van der Waals surface area contributed by atoms with Gasteiger partial charge in [-0.3, -0.25) is 13.8 Å². The predicted molar refractivity (Wildman–Crippen MR) is 251 cm³/mol. The van der Waals surface area contributed by atoms with E-state index < -0.39 is 39.2 Å². The Morgan fingerprint density at radius 2 is 0.900 bits per heavy atom. The molecule has 0 spiro atoms. The fourth-order valence-electron chi connectivity index (χ4n) is 6.45. The Hall–Kier alpha value is -1.84. The number of hydrogen-bond acceptors (Lipinski definition) is 8. The van der Waals surface area contributed by atoms with E-state index in [2.05, 4.69) is 74.6 Å². The van der Waals surface area contributed by atoms with Crippen LogP contribution >= 0.6 is 7.82 Å². The number of aliphatic hydroxyl groups excluding tert-OH is 2. The van der Waals surface area contributed by atoms with Crippen molar-refractivity contribution >= 4 is 13.8 Å². The van der Waals surface area contributed by atoms with Gasteiger partial charge in [-0.15, -0.1) is 0 Å². The van der Waals surface area contributed by atoms with E-state index in [1.165, 1.54) is 116 Å².